The molecule has 2 N–H and O–H groups in total. The molecule has 8 nitrogen and oxygen atoms in total. The number of aryl methyl sites for hydroxylation is 1. The van der Waals surface area contributed by atoms with Crippen LogP contribution in [0.15, 0.2) is 29.6 Å². The van der Waals surface area contributed by atoms with Crippen LogP contribution in [-0.4, -0.2) is 41.8 Å². The predicted octanol–water partition coefficient (Wildman–Crippen LogP) is -0.227. The molecular formula is C11H16N6O2S. The van der Waals surface area contributed by atoms with Gasteiger partial charge in [0.1, 0.15) is 4.90 Å². The standard InChI is InChI=1S/C11H16N6O2S/c1-12-11-13-7-10(8-14-11)20(18,19)15-5-3-9-4-6-17(2)16-9/h4,6-8,15H,3,5H2,1-2H3,(H,12,13,14). The van der Waals surface area contributed by atoms with Crippen LogP contribution in [0.2, 0.25) is 0 Å². The van der Waals surface area contributed by atoms with Crippen LogP contribution in [0.4, 0.5) is 5.95 Å². The van der Waals surface area contributed by atoms with Crippen LogP contribution in [0.3, 0.4) is 0 Å². The van der Waals surface area contributed by atoms with Gasteiger partial charge in [-0.25, -0.2) is 23.1 Å². The Labute approximate surface area is 117 Å². The molecule has 20 heavy (non-hydrogen) atoms. The minimum atomic E-state index is -3.59. The Morgan fingerprint density at radius 1 is 1.30 bits per heavy atom. The average molecular weight is 296 g/mol. The summed E-state index contributed by atoms with van der Waals surface area (Å²) in [6, 6.07) is 1.85. The van der Waals surface area contributed by atoms with Gasteiger partial charge in [0.2, 0.25) is 16.0 Å². The molecule has 2 rings (SSSR count). The van der Waals surface area contributed by atoms with Crippen molar-refractivity contribution in [1.29, 1.82) is 0 Å². The van der Waals surface area contributed by atoms with Crippen LogP contribution in [0.5, 0.6) is 0 Å². The third-order valence-corrected chi connectivity index (χ3v) is 4.02. The molecule has 2 aromatic heterocycles. The quantitative estimate of drug-likeness (QED) is 0.763. The van der Waals surface area contributed by atoms with Crippen LogP contribution < -0.4 is 10.0 Å². The maximum Gasteiger partial charge on any atom is 0.243 e. The summed E-state index contributed by atoms with van der Waals surface area (Å²) in [6.45, 7) is 0.271. The van der Waals surface area contributed by atoms with Gasteiger partial charge in [-0.15, -0.1) is 0 Å². The van der Waals surface area contributed by atoms with Gasteiger partial charge in [0.25, 0.3) is 0 Å². The molecule has 0 aromatic carbocycles. The molecule has 0 saturated carbocycles. The van der Waals surface area contributed by atoms with Gasteiger partial charge in [0, 0.05) is 33.3 Å². The molecule has 0 spiro atoms. The van der Waals surface area contributed by atoms with Crippen molar-refractivity contribution in [2.24, 2.45) is 7.05 Å². The Balaban J connectivity index is 1.96. The second kappa shape index (κ2) is 5.97. The van der Waals surface area contributed by atoms with E-state index in [1.165, 1.54) is 12.4 Å². The smallest absolute Gasteiger partial charge is 0.243 e. The van der Waals surface area contributed by atoms with Gasteiger partial charge >= 0.3 is 0 Å². The van der Waals surface area contributed by atoms with Gasteiger partial charge in [-0.3, -0.25) is 4.68 Å². The molecule has 2 aromatic rings. The van der Waals surface area contributed by atoms with E-state index in [0.717, 1.165) is 5.69 Å². The summed E-state index contributed by atoms with van der Waals surface area (Å²) in [5, 5.41) is 6.90. The average Bonchev–Trinajstić information content (AvgIpc) is 2.84. The third-order valence-electron chi connectivity index (χ3n) is 2.60. The van der Waals surface area contributed by atoms with Gasteiger partial charge in [0.05, 0.1) is 18.1 Å². The molecule has 0 aliphatic heterocycles. The second-order valence-electron chi connectivity index (χ2n) is 4.12. The highest BCUT2D eigenvalue weighted by Gasteiger charge is 2.14. The summed E-state index contributed by atoms with van der Waals surface area (Å²) in [6.07, 6.45) is 4.87. The van der Waals surface area contributed by atoms with Gasteiger partial charge in [-0.1, -0.05) is 0 Å². The zero-order valence-corrected chi connectivity index (χ0v) is 12.1. The van der Waals surface area contributed by atoms with E-state index >= 15 is 0 Å². The molecule has 0 fully saturated rings. The number of hydrogen-bond donors (Lipinski definition) is 2. The molecule has 0 bridgehead atoms. The van der Waals surface area contributed by atoms with Crippen molar-refractivity contribution >= 4 is 16.0 Å². The Hall–Kier alpha value is -2.00. The number of anilines is 1. The summed E-state index contributed by atoms with van der Waals surface area (Å²) in [4.78, 5) is 7.79. The number of nitrogens with one attached hydrogen (secondary N) is 2. The van der Waals surface area contributed by atoms with Crippen molar-refractivity contribution in [3.8, 4) is 0 Å². The first-order valence-electron chi connectivity index (χ1n) is 5.99. The minimum absolute atomic E-state index is 0.0394. The summed E-state index contributed by atoms with van der Waals surface area (Å²) >= 11 is 0. The predicted molar refractivity (Wildman–Crippen MR) is 73.7 cm³/mol. The fourth-order valence-electron chi connectivity index (χ4n) is 1.58. The number of sulfonamides is 1. The van der Waals surface area contributed by atoms with Gasteiger partial charge in [0.15, 0.2) is 0 Å². The molecule has 0 unspecified atom stereocenters. The Morgan fingerprint density at radius 3 is 2.55 bits per heavy atom. The lowest BCUT2D eigenvalue weighted by molar-refractivity contribution is 0.580. The van der Waals surface area contributed by atoms with E-state index in [4.69, 9.17) is 0 Å². The SMILES string of the molecule is CNc1ncc(S(=O)(=O)NCCc2ccn(C)n2)cn1. The Kier molecular flexibility index (Phi) is 4.30. The topological polar surface area (TPSA) is 102 Å². The maximum atomic E-state index is 12.0. The van der Waals surface area contributed by atoms with E-state index in [9.17, 15) is 8.42 Å². The van der Waals surface area contributed by atoms with Crippen molar-refractivity contribution < 1.29 is 8.42 Å². The van der Waals surface area contributed by atoms with Crippen molar-refractivity contribution in [3.05, 3.63) is 30.4 Å². The van der Waals surface area contributed by atoms with Gasteiger partial charge in [-0.2, -0.15) is 5.10 Å². The number of nitrogens with zero attached hydrogens (tertiary/aromatic N) is 4. The first-order valence-corrected chi connectivity index (χ1v) is 7.47. The minimum Gasteiger partial charge on any atom is -0.357 e. The Bertz CT molecular complexity index is 664. The molecular weight excluding hydrogens is 280 g/mol. The van der Waals surface area contributed by atoms with Crippen LogP contribution in [-0.2, 0) is 23.5 Å². The fourth-order valence-corrected chi connectivity index (χ4v) is 2.50. The molecule has 2 heterocycles. The Morgan fingerprint density at radius 2 is 2.00 bits per heavy atom. The second-order valence-corrected chi connectivity index (χ2v) is 5.89. The summed E-state index contributed by atoms with van der Waals surface area (Å²) in [5.74, 6) is 0.373. The highest BCUT2D eigenvalue weighted by Crippen LogP contribution is 2.07. The lowest BCUT2D eigenvalue weighted by Crippen LogP contribution is -2.26. The molecule has 0 amide bonds. The largest absolute Gasteiger partial charge is 0.357 e. The van der Waals surface area contributed by atoms with Crippen molar-refractivity contribution in [2.75, 3.05) is 18.9 Å². The lowest BCUT2D eigenvalue weighted by atomic mass is 10.3. The number of hydrogen-bond acceptors (Lipinski definition) is 6. The zero-order chi connectivity index (χ0) is 14.6. The van der Waals surface area contributed by atoms with E-state index in [1.807, 2.05) is 19.3 Å². The first-order chi connectivity index (χ1) is 9.51. The first kappa shape index (κ1) is 14.4. The molecule has 0 aliphatic rings. The molecule has 108 valence electrons. The summed E-state index contributed by atoms with van der Waals surface area (Å²) in [5.41, 5.74) is 0.831. The molecule has 0 radical (unpaired) electrons. The van der Waals surface area contributed by atoms with E-state index < -0.39 is 10.0 Å². The highest BCUT2D eigenvalue weighted by molar-refractivity contribution is 7.89. The van der Waals surface area contributed by atoms with Crippen molar-refractivity contribution in [3.63, 3.8) is 0 Å². The van der Waals surface area contributed by atoms with E-state index in [1.54, 1.807) is 11.7 Å². The van der Waals surface area contributed by atoms with Gasteiger partial charge in [-0.05, 0) is 6.07 Å². The van der Waals surface area contributed by atoms with E-state index in [0.29, 0.717) is 12.4 Å². The van der Waals surface area contributed by atoms with Crippen molar-refractivity contribution in [2.45, 2.75) is 11.3 Å². The number of aromatic nitrogens is 4. The number of rotatable bonds is 6. The summed E-state index contributed by atoms with van der Waals surface area (Å²) < 4.78 is 28.1. The fraction of sp³-hybridized carbons (Fsp3) is 0.364. The molecule has 0 atom stereocenters. The molecule has 0 saturated heterocycles. The molecule has 0 aliphatic carbocycles. The van der Waals surface area contributed by atoms with Crippen LogP contribution in [0.1, 0.15) is 5.69 Å². The van der Waals surface area contributed by atoms with Crippen molar-refractivity contribution in [1.82, 2.24) is 24.5 Å². The molecule has 9 heteroatoms. The monoisotopic (exact) mass is 296 g/mol. The highest BCUT2D eigenvalue weighted by atomic mass is 32.2. The summed E-state index contributed by atoms with van der Waals surface area (Å²) in [7, 11) is -0.111. The van der Waals surface area contributed by atoms with Crippen LogP contribution in [0, 0.1) is 0 Å². The third kappa shape index (κ3) is 3.52. The van der Waals surface area contributed by atoms with Gasteiger partial charge < -0.3 is 5.32 Å². The normalized spacial score (nSPS) is 11.5. The van der Waals surface area contributed by atoms with E-state index in [2.05, 4.69) is 25.1 Å². The maximum absolute atomic E-state index is 12.0. The van der Waals surface area contributed by atoms with E-state index in [-0.39, 0.29) is 11.4 Å². The van der Waals surface area contributed by atoms with Crippen LogP contribution >= 0.6 is 0 Å². The van der Waals surface area contributed by atoms with Crippen LogP contribution in [0.25, 0.3) is 0 Å². The zero-order valence-electron chi connectivity index (χ0n) is 11.2. The lowest BCUT2D eigenvalue weighted by Gasteiger charge is -2.05.